The van der Waals surface area contributed by atoms with Crippen LogP contribution in [-0.4, -0.2) is 19.7 Å². The van der Waals surface area contributed by atoms with Gasteiger partial charge in [-0.3, -0.25) is 9.78 Å². The Bertz CT molecular complexity index is 862. The SMILES string of the molecule is O=C(Nc1cccc(-c2csc(-c3ccncc3)n2)c1)C(Cl)(Cl)Cl. The van der Waals surface area contributed by atoms with E-state index in [1.165, 1.54) is 11.3 Å². The van der Waals surface area contributed by atoms with E-state index in [1.54, 1.807) is 30.6 Å². The monoisotopic (exact) mass is 397 g/mol. The molecule has 2 aromatic heterocycles. The molecule has 0 fully saturated rings. The Balaban J connectivity index is 1.85. The molecule has 3 rings (SSSR count). The van der Waals surface area contributed by atoms with Crippen LogP contribution >= 0.6 is 46.1 Å². The van der Waals surface area contributed by atoms with Crippen LogP contribution in [0.25, 0.3) is 21.8 Å². The first-order chi connectivity index (χ1) is 11.4. The number of hydrogen-bond donors (Lipinski definition) is 1. The van der Waals surface area contributed by atoms with Crippen LogP contribution in [0, 0.1) is 0 Å². The quantitative estimate of drug-likeness (QED) is 0.618. The van der Waals surface area contributed by atoms with Gasteiger partial charge in [-0.05, 0) is 24.3 Å². The van der Waals surface area contributed by atoms with Crippen molar-refractivity contribution in [3.63, 3.8) is 0 Å². The minimum Gasteiger partial charge on any atom is -0.322 e. The van der Waals surface area contributed by atoms with Crippen LogP contribution in [-0.2, 0) is 4.79 Å². The first-order valence-electron chi connectivity index (χ1n) is 6.78. The summed E-state index contributed by atoms with van der Waals surface area (Å²) < 4.78 is -2.01. The van der Waals surface area contributed by atoms with Gasteiger partial charge in [0.05, 0.1) is 5.69 Å². The van der Waals surface area contributed by atoms with Gasteiger partial charge in [0.1, 0.15) is 5.01 Å². The molecule has 1 amide bonds. The molecule has 0 radical (unpaired) electrons. The molecule has 0 aliphatic rings. The van der Waals surface area contributed by atoms with E-state index in [2.05, 4.69) is 15.3 Å². The maximum absolute atomic E-state index is 11.7. The number of halogens is 3. The van der Waals surface area contributed by atoms with Gasteiger partial charge in [-0.1, -0.05) is 46.9 Å². The summed E-state index contributed by atoms with van der Waals surface area (Å²) in [4.78, 5) is 20.4. The normalized spacial score (nSPS) is 11.3. The number of anilines is 1. The van der Waals surface area contributed by atoms with E-state index >= 15 is 0 Å². The molecule has 8 heteroatoms. The molecule has 0 atom stereocenters. The highest BCUT2D eigenvalue weighted by atomic mass is 35.6. The molecule has 1 N–H and O–H groups in total. The maximum Gasteiger partial charge on any atom is 0.276 e. The van der Waals surface area contributed by atoms with Crippen molar-refractivity contribution in [2.75, 3.05) is 5.32 Å². The van der Waals surface area contributed by atoms with Crippen molar-refractivity contribution < 1.29 is 4.79 Å². The van der Waals surface area contributed by atoms with Crippen LogP contribution in [0.2, 0.25) is 0 Å². The first kappa shape index (κ1) is 17.2. The Labute approximate surface area is 157 Å². The smallest absolute Gasteiger partial charge is 0.276 e. The molecule has 24 heavy (non-hydrogen) atoms. The molecule has 0 unspecified atom stereocenters. The lowest BCUT2D eigenvalue weighted by molar-refractivity contribution is -0.115. The summed E-state index contributed by atoms with van der Waals surface area (Å²) >= 11 is 18.2. The van der Waals surface area contributed by atoms with Gasteiger partial charge in [0.25, 0.3) is 9.70 Å². The Morgan fingerprint density at radius 3 is 2.54 bits per heavy atom. The number of rotatable bonds is 3. The molecule has 2 heterocycles. The highest BCUT2D eigenvalue weighted by molar-refractivity contribution is 7.13. The largest absolute Gasteiger partial charge is 0.322 e. The van der Waals surface area contributed by atoms with Crippen LogP contribution in [0.4, 0.5) is 5.69 Å². The van der Waals surface area contributed by atoms with Crippen molar-refractivity contribution in [3.05, 3.63) is 54.2 Å². The predicted octanol–water partition coefficient (Wildman–Crippen LogP) is 5.18. The topological polar surface area (TPSA) is 54.9 Å². The van der Waals surface area contributed by atoms with Crippen molar-refractivity contribution in [2.45, 2.75) is 3.79 Å². The van der Waals surface area contributed by atoms with E-state index in [1.807, 2.05) is 23.6 Å². The summed E-state index contributed by atoms with van der Waals surface area (Å²) in [6.45, 7) is 0. The molecule has 0 saturated heterocycles. The summed E-state index contributed by atoms with van der Waals surface area (Å²) in [5.74, 6) is -0.708. The summed E-state index contributed by atoms with van der Waals surface area (Å²) in [6, 6.07) is 11.0. The second-order valence-electron chi connectivity index (χ2n) is 4.81. The number of nitrogens with one attached hydrogen (secondary N) is 1. The van der Waals surface area contributed by atoms with E-state index in [0.717, 1.165) is 21.8 Å². The van der Waals surface area contributed by atoms with E-state index in [4.69, 9.17) is 34.8 Å². The van der Waals surface area contributed by atoms with E-state index < -0.39 is 9.70 Å². The number of nitrogens with zero attached hydrogens (tertiary/aromatic N) is 2. The van der Waals surface area contributed by atoms with Crippen molar-refractivity contribution in [2.24, 2.45) is 0 Å². The van der Waals surface area contributed by atoms with Crippen LogP contribution in [0.3, 0.4) is 0 Å². The van der Waals surface area contributed by atoms with Gasteiger partial charge in [-0.15, -0.1) is 11.3 Å². The van der Waals surface area contributed by atoms with Gasteiger partial charge in [0, 0.05) is 34.6 Å². The molecular weight excluding hydrogens is 389 g/mol. The third-order valence-electron chi connectivity index (χ3n) is 3.11. The summed E-state index contributed by atoms with van der Waals surface area (Å²) in [6.07, 6.45) is 3.45. The molecule has 4 nitrogen and oxygen atoms in total. The predicted molar refractivity (Wildman–Crippen MR) is 99.7 cm³/mol. The number of carbonyl (C=O) groups is 1. The molecule has 0 spiro atoms. The summed E-state index contributed by atoms with van der Waals surface area (Å²) in [7, 11) is 0. The number of pyridine rings is 1. The fraction of sp³-hybridized carbons (Fsp3) is 0.0625. The minimum atomic E-state index is -2.01. The standard InChI is InChI=1S/C16H10Cl3N3OS/c17-16(18,19)15(23)21-12-3-1-2-11(8-12)13-9-24-14(22-13)10-4-6-20-7-5-10/h1-9H,(H,21,23). The van der Waals surface area contributed by atoms with Gasteiger partial charge < -0.3 is 5.32 Å². The lowest BCUT2D eigenvalue weighted by Gasteiger charge is -2.11. The Morgan fingerprint density at radius 2 is 1.83 bits per heavy atom. The van der Waals surface area contributed by atoms with E-state index in [9.17, 15) is 4.79 Å². The lowest BCUT2D eigenvalue weighted by Crippen LogP contribution is -2.26. The van der Waals surface area contributed by atoms with Crippen molar-refractivity contribution in [1.82, 2.24) is 9.97 Å². The Kier molecular flexibility index (Phi) is 5.06. The van der Waals surface area contributed by atoms with Crippen molar-refractivity contribution >= 4 is 57.7 Å². The fourth-order valence-corrected chi connectivity index (χ4v) is 2.97. The molecule has 0 aliphatic carbocycles. The molecule has 3 aromatic rings. The number of alkyl halides is 3. The molecule has 0 saturated carbocycles. The molecular formula is C16H10Cl3N3OS. The van der Waals surface area contributed by atoms with Crippen molar-refractivity contribution in [3.8, 4) is 21.8 Å². The average molecular weight is 399 g/mol. The third kappa shape index (κ3) is 4.05. The zero-order valence-electron chi connectivity index (χ0n) is 12.0. The fourth-order valence-electron chi connectivity index (χ4n) is 1.99. The van der Waals surface area contributed by atoms with Gasteiger partial charge in [-0.25, -0.2) is 4.98 Å². The number of hydrogen-bond acceptors (Lipinski definition) is 4. The minimum absolute atomic E-state index is 0.530. The lowest BCUT2D eigenvalue weighted by atomic mass is 10.1. The zero-order valence-corrected chi connectivity index (χ0v) is 15.1. The number of amides is 1. The second kappa shape index (κ2) is 7.07. The summed E-state index contributed by atoms with van der Waals surface area (Å²) in [5.41, 5.74) is 3.19. The van der Waals surface area contributed by atoms with Gasteiger partial charge >= 0.3 is 0 Å². The molecule has 122 valence electrons. The van der Waals surface area contributed by atoms with Crippen LogP contribution < -0.4 is 5.32 Å². The van der Waals surface area contributed by atoms with E-state index in [-0.39, 0.29) is 0 Å². The van der Waals surface area contributed by atoms with Crippen LogP contribution in [0.5, 0.6) is 0 Å². The Morgan fingerprint density at radius 1 is 1.08 bits per heavy atom. The maximum atomic E-state index is 11.7. The number of aromatic nitrogens is 2. The van der Waals surface area contributed by atoms with E-state index in [0.29, 0.717) is 5.69 Å². The summed E-state index contributed by atoms with van der Waals surface area (Å²) in [5, 5.41) is 5.40. The number of thiazole rings is 1. The van der Waals surface area contributed by atoms with Crippen LogP contribution in [0.1, 0.15) is 0 Å². The van der Waals surface area contributed by atoms with Crippen molar-refractivity contribution in [1.29, 1.82) is 0 Å². The van der Waals surface area contributed by atoms with Gasteiger partial charge in [-0.2, -0.15) is 0 Å². The molecule has 0 aliphatic heterocycles. The average Bonchev–Trinajstić information content (AvgIpc) is 3.05. The number of carbonyl (C=O) groups excluding carboxylic acids is 1. The highest BCUT2D eigenvalue weighted by Gasteiger charge is 2.30. The first-order valence-corrected chi connectivity index (χ1v) is 8.79. The molecule has 1 aromatic carbocycles. The second-order valence-corrected chi connectivity index (χ2v) is 7.95. The number of benzene rings is 1. The third-order valence-corrected chi connectivity index (χ3v) is 4.51. The van der Waals surface area contributed by atoms with Gasteiger partial charge in [0.2, 0.25) is 0 Å². The zero-order chi connectivity index (χ0) is 17.2. The van der Waals surface area contributed by atoms with Gasteiger partial charge in [0.15, 0.2) is 0 Å². The molecule has 0 bridgehead atoms. The Hall–Kier alpha value is -1.66. The van der Waals surface area contributed by atoms with Crippen LogP contribution in [0.15, 0.2) is 54.2 Å². The highest BCUT2D eigenvalue weighted by Crippen LogP contribution is 2.31.